The van der Waals surface area contributed by atoms with Crippen molar-refractivity contribution in [1.29, 1.82) is 0 Å². The molecule has 1 aromatic heterocycles. The van der Waals surface area contributed by atoms with E-state index in [0.717, 1.165) is 0 Å². The topological polar surface area (TPSA) is 97.4 Å². The molecule has 0 aliphatic carbocycles. The van der Waals surface area contributed by atoms with Crippen LogP contribution in [-0.2, 0) is 0 Å². The number of hydrogen-bond donors (Lipinski definition) is 3. The Morgan fingerprint density at radius 2 is 2.00 bits per heavy atom. The Morgan fingerprint density at radius 1 is 1.36 bits per heavy atom. The minimum Gasteiger partial charge on any atom is -0.466 e. The van der Waals surface area contributed by atoms with Gasteiger partial charge >= 0.3 is 6.03 Å². The average molecular weight is 197 g/mol. The molecule has 0 aromatic carbocycles. The predicted molar refractivity (Wildman–Crippen MR) is 48.4 cm³/mol. The van der Waals surface area contributed by atoms with Crippen LogP contribution in [0.3, 0.4) is 0 Å². The number of amides is 3. The normalized spacial score (nSPS) is 9.57. The zero-order valence-corrected chi connectivity index (χ0v) is 7.88. The molecule has 3 amide bonds. The van der Waals surface area contributed by atoms with Gasteiger partial charge in [0.2, 0.25) is 0 Å². The van der Waals surface area contributed by atoms with E-state index in [1.807, 2.05) is 5.43 Å². The number of furan rings is 1. The van der Waals surface area contributed by atoms with Gasteiger partial charge in [0.05, 0.1) is 5.56 Å². The van der Waals surface area contributed by atoms with Crippen molar-refractivity contribution < 1.29 is 14.0 Å². The molecule has 76 valence electrons. The lowest BCUT2D eigenvalue weighted by molar-refractivity contribution is 0.0936. The van der Waals surface area contributed by atoms with Crippen molar-refractivity contribution in [3.63, 3.8) is 0 Å². The molecule has 1 heterocycles. The lowest BCUT2D eigenvalue weighted by atomic mass is 10.2. The Hall–Kier alpha value is -1.98. The number of primary amides is 1. The summed E-state index contributed by atoms with van der Waals surface area (Å²) in [5.74, 6) is 0.663. The van der Waals surface area contributed by atoms with Gasteiger partial charge in [-0.25, -0.2) is 10.2 Å². The van der Waals surface area contributed by atoms with Crippen molar-refractivity contribution in [2.45, 2.75) is 13.8 Å². The van der Waals surface area contributed by atoms with Crippen LogP contribution in [0, 0.1) is 13.8 Å². The molecule has 0 aliphatic rings. The van der Waals surface area contributed by atoms with E-state index in [4.69, 9.17) is 10.2 Å². The lowest BCUT2D eigenvalue weighted by Crippen LogP contribution is -2.44. The van der Waals surface area contributed by atoms with Crippen LogP contribution in [0.15, 0.2) is 10.5 Å². The largest absolute Gasteiger partial charge is 0.466 e. The van der Waals surface area contributed by atoms with Gasteiger partial charge in [0, 0.05) is 0 Å². The molecule has 0 saturated heterocycles. The number of nitrogens with two attached hydrogens (primary N) is 1. The fraction of sp³-hybridized carbons (Fsp3) is 0.250. The van der Waals surface area contributed by atoms with Crippen LogP contribution in [-0.4, -0.2) is 11.9 Å². The summed E-state index contributed by atoms with van der Waals surface area (Å²) >= 11 is 0. The molecule has 6 nitrogen and oxygen atoms in total. The van der Waals surface area contributed by atoms with Gasteiger partial charge in [-0.15, -0.1) is 0 Å². The van der Waals surface area contributed by atoms with E-state index in [9.17, 15) is 9.59 Å². The molecule has 1 aromatic rings. The fourth-order valence-corrected chi connectivity index (χ4v) is 1.04. The number of carbonyl (C=O) groups is 2. The lowest BCUT2D eigenvalue weighted by Gasteiger charge is -2.02. The van der Waals surface area contributed by atoms with Gasteiger partial charge in [0.25, 0.3) is 5.91 Å². The minimum absolute atomic E-state index is 0.372. The highest BCUT2D eigenvalue weighted by Gasteiger charge is 2.12. The maximum absolute atomic E-state index is 11.3. The molecule has 6 heteroatoms. The first-order valence-electron chi connectivity index (χ1n) is 3.93. The second-order valence-electron chi connectivity index (χ2n) is 2.77. The Labute approximate surface area is 80.4 Å². The van der Waals surface area contributed by atoms with Gasteiger partial charge in [0.15, 0.2) is 0 Å². The maximum atomic E-state index is 11.3. The minimum atomic E-state index is -0.823. The monoisotopic (exact) mass is 197 g/mol. The summed E-state index contributed by atoms with van der Waals surface area (Å²) in [5, 5.41) is 0. The Morgan fingerprint density at radius 3 is 2.43 bits per heavy atom. The number of aryl methyl sites for hydroxylation is 2. The summed E-state index contributed by atoms with van der Waals surface area (Å²) in [6, 6.07) is 0.754. The molecule has 0 aliphatic heterocycles. The summed E-state index contributed by atoms with van der Waals surface area (Å²) in [6.07, 6.45) is 0. The van der Waals surface area contributed by atoms with Gasteiger partial charge in [-0.3, -0.25) is 10.2 Å². The van der Waals surface area contributed by atoms with Gasteiger partial charge < -0.3 is 10.2 Å². The molecule has 0 spiro atoms. The molecule has 0 saturated carbocycles. The first kappa shape index (κ1) is 10.1. The zero-order chi connectivity index (χ0) is 10.7. The molecule has 0 bridgehead atoms. The standard InChI is InChI=1S/C8H11N3O3/c1-4-3-6(5(2)14-4)7(12)10-11-8(9)13/h3H,1-2H3,(H,10,12)(H3,9,11,13). The molecule has 0 atom stereocenters. The molecular formula is C8H11N3O3. The number of hydrogen-bond acceptors (Lipinski definition) is 3. The molecule has 1 rings (SSSR count). The number of hydrazine groups is 1. The van der Waals surface area contributed by atoms with Crippen LogP contribution in [0.2, 0.25) is 0 Å². The Kier molecular flexibility index (Phi) is 2.76. The van der Waals surface area contributed by atoms with E-state index < -0.39 is 11.9 Å². The average Bonchev–Trinajstić information content (AvgIpc) is 2.41. The smallest absolute Gasteiger partial charge is 0.330 e. The highest BCUT2D eigenvalue weighted by atomic mass is 16.3. The third-order valence-corrected chi connectivity index (χ3v) is 1.58. The summed E-state index contributed by atoms with van der Waals surface area (Å²) in [6.45, 7) is 3.39. The number of nitrogens with one attached hydrogen (secondary N) is 2. The van der Waals surface area contributed by atoms with E-state index in [2.05, 4.69) is 5.43 Å². The van der Waals surface area contributed by atoms with Crippen LogP contribution in [0.1, 0.15) is 21.9 Å². The SMILES string of the molecule is Cc1cc(C(=O)NNC(N)=O)c(C)o1. The molecule has 0 unspecified atom stereocenters. The first-order chi connectivity index (χ1) is 6.50. The van der Waals surface area contributed by atoms with Crippen molar-refractivity contribution in [1.82, 2.24) is 10.9 Å². The second-order valence-corrected chi connectivity index (χ2v) is 2.77. The highest BCUT2D eigenvalue weighted by Crippen LogP contribution is 2.12. The number of urea groups is 1. The zero-order valence-electron chi connectivity index (χ0n) is 7.88. The first-order valence-corrected chi connectivity index (χ1v) is 3.93. The van der Waals surface area contributed by atoms with Crippen LogP contribution >= 0.6 is 0 Å². The van der Waals surface area contributed by atoms with Gasteiger partial charge in [-0.1, -0.05) is 0 Å². The molecule has 0 fully saturated rings. The van der Waals surface area contributed by atoms with Crippen molar-refractivity contribution in [3.8, 4) is 0 Å². The number of carbonyl (C=O) groups excluding carboxylic acids is 2. The van der Waals surface area contributed by atoms with Crippen molar-refractivity contribution in [3.05, 3.63) is 23.2 Å². The Bertz CT molecular complexity index is 370. The third kappa shape index (κ3) is 2.25. The molecule has 4 N–H and O–H groups in total. The molecular weight excluding hydrogens is 186 g/mol. The summed E-state index contributed by atoms with van der Waals surface area (Å²) in [7, 11) is 0. The van der Waals surface area contributed by atoms with Gasteiger partial charge in [-0.2, -0.15) is 0 Å². The van der Waals surface area contributed by atoms with Crippen molar-refractivity contribution in [2.24, 2.45) is 5.73 Å². The van der Waals surface area contributed by atoms with Crippen LogP contribution in [0.5, 0.6) is 0 Å². The van der Waals surface area contributed by atoms with E-state index in [0.29, 0.717) is 17.1 Å². The summed E-state index contributed by atoms with van der Waals surface area (Å²) < 4.78 is 5.14. The highest BCUT2D eigenvalue weighted by molar-refractivity contribution is 5.96. The molecule has 0 radical (unpaired) electrons. The second kappa shape index (κ2) is 3.82. The summed E-state index contributed by atoms with van der Waals surface area (Å²) in [5.41, 5.74) is 9.25. The van der Waals surface area contributed by atoms with Gasteiger partial charge in [0.1, 0.15) is 11.5 Å². The fourth-order valence-electron chi connectivity index (χ4n) is 1.04. The predicted octanol–water partition coefficient (Wildman–Crippen LogP) is 0.210. The number of rotatable bonds is 1. The van der Waals surface area contributed by atoms with Crippen molar-refractivity contribution in [2.75, 3.05) is 0 Å². The van der Waals surface area contributed by atoms with E-state index in [-0.39, 0.29) is 0 Å². The maximum Gasteiger partial charge on any atom is 0.330 e. The third-order valence-electron chi connectivity index (χ3n) is 1.58. The van der Waals surface area contributed by atoms with Crippen LogP contribution in [0.4, 0.5) is 4.79 Å². The molecule has 14 heavy (non-hydrogen) atoms. The van der Waals surface area contributed by atoms with E-state index in [1.54, 1.807) is 19.9 Å². The van der Waals surface area contributed by atoms with Crippen molar-refractivity contribution >= 4 is 11.9 Å². The Balaban J connectivity index is 2.69. The van der Waals surface area contributed by atoms with E-state index in [1.165, 1.54) is 0 Å². The van der Waals surface area contributed by atoms with E-state index >= 15 is 0 Å². The quantitative estimate of drug-likeness (QED) is 0.561. The van der Waals surface area contributed by atoms with Gasteiger partial charge in [-0.05, 0) is 19.9 Å². The van der Waals surface area contributed by atoms with Crippen LogP contribution in [0.25, 0.3) is 0 Å². The van der Waals surface area contributed by atoms with Crippen LogP contribution < -0.4 is 16.6 Å². The summed E-state index contributed by atoms with van der Waals surface area (Å²) in [4.78, 5) is 21.6.